The number of benzene rings is 1. The van der Waals surface area contributed by atoms with E-state index in [0.717, 1.165) is 18.7 Å². The van der Waals surface area contributed by atoms with Crippen molar-refractivity contribution in [3.8, 4) is 0 Å². The summed E-state index contributed by atoms with van der Waals surface area (Å²) in [6.07, 6.45) is 2.26. The van der Waals surface area contributed by atoms with Gasteiger partial charge in [0.25, 0.3) is 0 Å². The van der Waals surface area contributed by atoms with E-state index < -0.39 is 10.0 Å². The third-order valence-electron chi connectivity index (χ3n) is 4.60. The van der Waals surface area contributed by atoms with Crippen molar-refractivity contribution in [2.45, 2.75) is 30.3 Å². The molecule has 1 aromatic carbocycles. The Balaban J connectivity index is 1.39. The zero-order chi connectivity index (χ0) is 17.4. The molecule has 1 aliphatic carbocycles. The van der Waals surface area contributed by atoms with Crippen LogP contribution in [0.25, 0.3) is 0 Å². The number of nitrogens with zero attached hydrogens (tertiary/aromatic N) is 6. The van der Waals surface area contributed by atoms with Crippen LogP contribution >= 0.6 is 11.6 Å². The molecule has 4 rings (SSSR count). The molecule has 1 saturated heterocycles. The molecular formula is C15H19ClN6O2S. The topological polar surface area (TPSA) is 84.2 Å². The molecule has 0 N–H and O–H groups in total. The van der Waals surface area contributed by atoms with Crippen molar-refractivity contribution in [1.29, 1.82) is 0 Å². The summed E-state index contributed by atoms with van der Waals surface area (Å²) in [7, 11) is -3.47. The maximum Gasteiger partial charge on any atom is 0.243 e. The SMILES string of the molecule is O=S(=O)(c1ccc(Cl)cc1)N1CCN(Cc2nnnn2C2CC2)CC1. The van der Waals surface area contributed by atoms with Gasteiger partial charge in [0, 0.05) is 31.2 Å². The molecule has 0 bridgehead atoms. The van der Waals surface area contributed by atoms with Crippen LogP contribution in [0.2, 0.25) is 5.02 Å². The highest BCUT2D eigenvalue weighted by molar-refractivity contribution is 7.89. The molecule has 10 heteroatoms. The van der Waals surface area contributed by atoms with Gasteiger partial charge in [-0.25, -0.2) is 13.1 Å². The largest absolute Gasteiger partial charge is 0.293 e. The molecule has 134 valence electrons. The zero-order valence-electron chi connectivity index (χ0n) is 13.6. The molecule has 0 unspecified atom stereocenters. The lowest BCUT2D eigenvalue weighted by Crippen LogP contribution is -2.48. The summed E-state index contributed by atoms with van der Waals surface area (Å²) in [4.78, 5) is 2.47. The normalized spacial score (nSPS) is 20.0. The molecule has 25 heavy (non-hydrogen) atoms. The second-order valence-electron chi connectivity index (χ2n) is 6.41. The maximum atomic E-state index is 12.7. The van der Waals surface area contributed by atoms with Gasteiger partial charge in [-0.1, -0.05) is 11.6 Å². The Bertz CT molecular complexity index is 841. The van der Waals surface area contributed by atoms with E-state index in [2.05, 4.69) is 20.4 Å². The first-order valence-corrected chi connectivity index (χ1v) is 10.1. The molecule has 0 amide bonds. The molecule has 2 fully saturated rings. The Kier molecular flexibility index (Phi) is 4.48. The average molecular weight is 383 g/mol. The van der Waals surface area contributed by atoms with Crippen LogP contribution in [0, 0.1) is 0 Å². The maximum absolute atomic E-state index is 12.7. The molecule has 0 radical (unpaired) electrons. The molecule has 8 nitrogen and oxygen atoms in total. The van der Waals surface area contributed by atoms with Crippen molar-refractivity contribution in [2.24, 2.45) is 0 Å². The first-order valence-electron chi connectivity index (χ1n) is 8.29. The number of aromatic nitrogens is 4. The molecule has 0 atom stereocenters. The Morgan fingerprint density at radius 1 is 1.08 bits per heavy atom. The summed E-state index contributed by atoms with van der Waals surface area (Å²) in [6, 6.07) is 6.74. The number of hydrogen-bond donors (Lipinski definition) is 0. The molecule has 2 aliphatic rings. The van der Waals surface area contributed by atoms with Crippen molar-refractivity contribution in [2.75, 3.05) is 26.2 Å². The molecule has 1 aliphatic heterocycles. The van der Waals surface area contributed by atoms with Crippen LogP contribution in [-0.2, 0) is 16.6 Å². The van der Waals surface area contributed by atoms with Crippen LogP contribution < -0.4 is 0 Å². The summed E-state index contributed by atoms with van der Waals surface area (Å²) >= 11 is 5.84. The number of halogens is 1. The summed E-state index contributed by atoms with van der Waals surface area (Å²) in [5.74, 6) is 0.858. The fourth-order valence-electron chi connectivity index (χ4n) is 3.00. The highest BCUT2D eigenvalue weighted by atomic mass is 35.5. The van der Waals surface area contributed by atoms with Gasteiger partial charge in [-0.3, -0.25) is 4.90 Å². The first kappa shape index (κ1) is 16.9. The Morgan fingerprint density at radius 2 is 1.76 bits per heavy atom. The zero-order valence-corrected chi connectivity index (χ0v) is 15.2. The Hall–Kier alpha value is -1.55. The fraction of sp³-hybridized carbons (Fsp3) is 0.533. The van der Waals surface area contributed by atoms with E-state index >= 15 is 0 Å². The van der Waals surface area contributed by atoms with Crippen molar-refractivity contribution in [3.63, 3.8) is 0 Å². The molecule has 1 saturated carbocycles. The number of hydrogen-bond acceptors (Lipinski definition) is 6. The van der Waals surface area contributed by atoms with Crippen LogP contribution in [0.1, 0.15) is 24.7 Å². The third-order valence-corrected chi connectivity index (χ3v) is 6.77. The van der Waals surface area contributed by atoms with Gasteiger partial charge in [0.1, 0.15) is 0 Å². The minimum Gasteiger partial charge on any atom is -0.293 e. The van der Waals surface area contributed by atoms with E-state index in [1.54, 1.807) is 24.3 Å². The van der Waals surface area contributed by atoms with Crippen LogP contribution in [0.15, 0.2) is 29.2 Å². The number of sulfonamides is 1. The quantitative estimate of drug-likeness (QED) is 0.771. The Labute approximate surface area is 151 Å². The second kappa shape index (κ2) is 6.64. The van der Waals surface area contributed by atoms with Crippen molar-refractivity contribution < 1.29 is 8.42 Å². The van der Waals surface area contributed by atoms with E-state index in [0.29, 0.717) is 43.8 Å². The predicted molar refractivity (Wildman–Crippen MR) is 91.6 cm³/mol. The third kappa shape index (κ3) is 3.55. The Morgan fingerprint density at radius 3 is 2.40 bits per heavy atom. The van der Waals surface area contributed by atoms with E-state index in [1.807, 2.05) is 4.68 Å². The van der Waals surface area contributed by atoms with Gasteiger partial charge in [-0.2, -0.15) is 4.31 Å². The average Bonchev–Trinajstić information content (AvgIpc) is 3.35. The highest BCUT2D eigenvalue weighted by Crippen LogP contribution is 2.34. The summed E-state index contributed by atoms with van der Waals surface area (Å²) < 4.78 is 28.8. The number of piperazine rings is 1. The first-order chi connectivity index (χ1) is 12.0. The smallest absolute Gasteiger partial charge is 0.243 e. The van der Waals surface area contributed by atoms with Gasteiger partial charge < -0.3 is 0 Å². The predicted octanol–water partition coefficient (Wildman–Crippen LogP) is 1.17. The van der Waals surface area contributed by atoms with Crippen LogP contribution in [-0.4, -0.2) is 64.0 Å². The minimum absolute atomic E-state index is 0.281. The van der Waals surface area contributed by atoms with E-state index in [-0.39, 0.29) is 4.90 Å². The van der Waals surface area contributed by atoms with Crippen molar-refractivity contribution in [3.05, 3.63) is 35.1 Å². The van der Waals surface area contributed by atoms with Gasteiger partial charge in [-0.15, -0.1) is 5.10 Å². The molecule has 0 spiro atoms. The van der Waals surface area contributed by atoms with Gasteiger partial charge in [0.15, 0.2) is 5.82 Å². The van der Waals surface area contributed by atoms with Gasteiger partial charge >= 0.3 is 0 Å². The van der Waals surface area contributed by atoms with Crippen LogP contribution in [0.3, 0.4) is 0 Å². The molecule has 2 aromatic rings. The van der Waals surface area contributed by atoms with E-state index in [4.69, 9.17) is 11.6 Å². The number of rotatable bonds is 5. The highest BCUT2D eigenvalue weighted by Gasteiger charge is 2.31. The van der Waals surface area contributed by atoms with E-state index in [1.165, 1.54) is 4.31 Å². The van der Waals surface area contributed by atoms with Gasteiger partial charge in [-0.05, 0) is 47.5 Å². The molecule has 1 aromatic heterocycles. The van der Waals surface area contributed by atoms with Crippen LogP contribution in [0.5, 0.6) is 0 Å². The van der Waals surface area contributed by atoms with Gasteiger partial charge in [0.05, 0.1) is 17.5 Å². The van der Waals surface area contributed by atoms with E-state index in [9.17, 15) is 8.42 Å². The van der Waals surface area contributed by atoms with Crippen molar-refractivity contribution in [1.82, 2.24) is 29.4 Å². The standard InChI is InChI=1S/C15H19ClN6O2S/c16-12-1-5-14(6-2-12)25(23,24)21-9-7-20(8-10-21)11-15-17-18-19-22(15)13-3-4-13/h1-2,5-6,13H,3-4,7-11H2. The summed E-state index contributed by atoms with van der Waals surface area (Å²) in [5.41, 5.74) is 0. The number of tetrazole rings is 1. The van der Waals surface area contributed by atoms with Crippen molar-refractivity contribution >= 4 is 21.6 Å². The fourth-order valence-corrected chi connectivity index (χ4v) is 4.55. The van der Waals surface area contributed by atoms with Crippen LogP contribution in [0.4, 0.5) is 0 Å². The second-order valence-corrected chi connectivity index (χ2v) is 8.78. The molecule has 2 heterocycles. The lowest BCUT2D eigenvalue weighted by molar-refractivity contribution is 0.175. The summed E-state index contributed by atoms with van der Waals surface area (Å²) in [6.45, 7) is 2.87. The minimum atomic E-state index is -3.47. The molecular weight excluding hydrogens is 364 g/mol. The van der Waals surface area contributed by atoms with Gasteiger partial charge in [0.2, 0.25) is 10.0 Å². The monoisotopic (exact) mass is 382 g/mol. The lowest BCUT2D eigenvalue weighted by Gasteiger charge is -2.33. The lowest BCUT2D eigenvalue weighted by atomic mass is 10.3. The summed E-state index contributed by atoms with van der Waals surface area (Å²) in [5, 5.41) is 12.5.